The van der Waals surface area contributed by atoms with Gasteiger partial charge >= 0.3 is 0 Å². The first-order chi connectivity index (χ1) is 7.17. The van der Waals surface area contributed by atoms with Crippen LogP contribution in [0.4, 0.5) is 0 Å². The lowest BCUT2D eigenvalue weighted by Gasteiger charge is -2.05. The van der Waals surface area contributed by atoms with Crippen molar-refractivity contribution < 1.29 is 14.3 Å². The van der Waals surface area contributed by atoms with Gasteiger partial charge < -0.3 is 15.2 Å². The zero-order valence-corrected chi connectivity index (χ0v) is 8.53. The normalized spacial score (nSPS) is 8.67. The Kier molecular flexibility index (Phi) is 3.58. The molecule has 0 bridgehead atoms. The van der Waals surface area contributed by atoms with E-state index in [2.05, 4.69) is 11.8 Å². The van der Waals surface area contributed by atoms with Crippen LogP contribution in [0.1, 0.15) is 5.56 Å². The van der Waals surface area contributed by atoms with E-state index in [9.17, 15) is 4.79 Å². The van der Waals surface area contributed by atoms with Crippen molar-refractivity contribution in [3.63, 3.8) is 0 Å². The molecule has 0 unspecified atom stereocenters. The van der Waals surface area contributed by atoms with Gasteiger partial charge in [0.25, 0.3) is 5.91 Å². The van der Waals surface area contributed by atoms with Crippen LogP contribution in [0.2, 0.25) is 0 Å². The van der Waals surface area contributed by atoms with E-state index in [1.165, 1.54) is 7.11 Å². The SMILES string of the molecule is COc1ccc(OC)c(C#CC(N)=O)c1. The molecule has 4 nitrogen and oxygen atoms in total. The molecule has 1 aromatic rings. The van der Waals surface area contributed by atoms with Crippen molar-refractivity contribution in [1.29, 1.82) is 0 Å². The Hall–Kier alpha value is -2.15. The quantitative estimate of drug-likeness (QED) is 0.717. The Morgan fingerprint density at radius 2 is 2.07 bits per heavy atom. The second-order valence-electron chi connectivity index (χ2n) is 2.68. The van der Waals surface area contributed by atoms with Gasteiger partial charge in [0.05, 0.1) is 19.8 Å². The molecular weight excluding hydrogens is 194 g/mol. The molecule has 0 aliphatic rings. The monoisotopic (exact) mass is 205 g/mol. The number of methoxy groups -OCH3 is 2. The maximum Gasteiger partial charge on any atom is 0.293 e. The zero-order valence-electron chi connectivity index (χ0n) is 8.53. The molecule has 15 heavy (non-hydrogen) atoms. The third-order valence-electron chi connectivity index (χ3n) is 1.73. The van der Waals surface area contributed by atoms with Gasteiger partial charge in [-0.1, -0.05) is 5.92 Å². The summed E-state index contributed by atoms with van der Waals surface area (Å²) in [5.74, 6) is 5.39. The molecule has 0 saturated heterocycles. The standard InChI is InChI=1S/C11H11NO3/c1-14-9-4-5-10(15-2)8(7-9)3-6-11(12)13/h4-5,7H,1-2H3,(H2,12,13). The highest BCUT2D eigenvalue weighted by Gasteiger charge is 2.01. The molecule has 1 amide bonds. The summed E-state index contributed by atoms with van der Waals surface area (Å²) in [6.45, 7) is 0. The summed E-state index contributed by atoms with van der Waals surface area (Å²) in [4.78, 5) is 10.5. The fraction of sp³-hybridized carbons (Fsp3) is 0.182. The number of ether oxygens (including phenoxy) is 2. The molecule has 0 radical (unpaired) electrons. The van der Waals surface area contributed by atoms with Crippen LogP contribution in [-0.2, 0) is 4.79 Å². The highest BCUT2D eigenvalue weighted by Crippen LogP contribution is 2.22. The lowest BCUT2D eigenvalue weighted by Crippen LogP contribution is -2.06. The molecule has 0 aliphatic heterocycles. The Bertz CT molecular complexity index is 429. The van der Waals surface area contributed by atoms with E-state index < -0.39 is 5.91 Å². The summed E-state index contributed by atoms with van der Waals surface area (Å²) in [6.07, 6.45) is 0. The van der Waals surface area contributed by atoms with E-state index in [0.29, 0.717) is 17.1 Å². The van der Waals surface area contributed by atoms with Crippen molar-refractivity contribution in [2.45, 2.75) is 0 Å². The highest BCUT2D eigenvalue weighted by atomic mass is 16.5. The summed E-state index contributed by atoms with van der Waals surface area (Å²) >= 11 is 0. The molecule has 0 atom stereocenters. The van der Waals surface area contributed by atoms with E-state index in [1.807, 2.05) is 0 Å². The second kappa shape index (κ2) is 4.91. The number of benzene rings is 1. The summed E-state index contributed by atoms with van der Waals surface area (Å²) in [5, 5.41) is 0. The molecule has 1 aromatic carbocycles. The van der Waals surface area contributed by atoms with Gasteiger partial charge in [0.15, 0.2) is 0 Å². The average Bonchev–Trinajstić information content (AvgIpc) is 2.25. The first-order valence-electron chi connectivity index (χ1n) is 4.21. The summed E-state index contributed by atoms with van der Waals surface area (Å²) in [5.41, 5.74) is 5.48. The van der Waals surface area contributed by atoms with Crippen LogP contribution in [0.3, 0.4) is 0 Å². The molecule has 0 aliphatic carbocycles. The molecule has 0 fully saturated rings. The Morgan fingerprint density at radius 3 is 2.60 bits per heavy atom. The highest BCUT2D eigenvalue weighted by molar-refractivity contribution is 5.92. The molecule has 0 heterocycles. The number of rotatable bonds is 2. The van der Waals surface area contributed by atoms with Crippen LogP contribution in [-0.4, -0.2) is 20.1 Å². The predicted molar refractivity (Wildman–Crippen MR) is 55.6 cm³/mol. The molecule has 78 valence electrons. The number of amides is 1. The maximum atomic E-state index is 10.5. The number of carbonyl (C=O) groups is 1. The van der Waals surface area contributed by atoms with Gasteiger partial charge in [-0.15, -0.1) is 0 Å². The van der Waals surface area contributed by atoms with Gasteiger partial charge in [-0.2, -0.15) is 0 Å². The summed E-state index contributed by atoms with van der Waals surface area (Å²) in [7, 11) is 3.07. The number of hydrogen-bond donors (Lipinski definition) is 1. The third-order valence-corrected chi connectivity index (χ3v) is 1.73. The lowest BCUT2D eigenvalue weighted by molar-refractivity contribution is -0.112. The average molecular weight is 205 g/mol. The fourth-order valence-corrected chi connectivity index (χ4v) is 1.04. The molecular formula is C11H11NO3. The topological polar surface area (TPSA) is 61.6 Å². The number of hydrogen-bond acceptors (Lipinski definition) is 3. The number of carbonyl (C=O) groups excluding carboxylic acids is 1. The predicted octanol–water partition coefficient (Wildman–Crippen LogP) is 0.541. The maximum absolute atomic E-state index is 10.5. The third kappa shape index (κ3) is 2.92. The molecule has 1 rings (SSSR count). The van der Waals surface area contributed by atoms with Crippen molar-refractivity contribution >= 4 is 5.91 Å². The summed E-state index contributed by atoms with van der Waals surface area (Å²) in [6, 6.07) is 5.13. The first kappa shape index (κ1) is 10.9. The largest absolute Gasteiger partial charge is 0.497 e. The minimum absolute atomic E-state index is 0.565. The van der Waals surface area contributed by atoms with Crippen molar-refractivity contribution in [3.05, 3.63) is 23.8 Å². The van der Waals surface area contributed by atoms with E-state index in [4.69, 9.17) is 15.2 Å². The Labute approximate surface area is 88.0 Å². The van der Waals surface area contributed by atoms with Crippen LogP contribution in [0, 0.1) is 11.8 Å². The van der Waals surface area contributed by atoms with Crippen molar-refractivity contribution in [2.75, 3.05) is 14.2 Å². The Morgan fingerprint density at radius 1 is 1.33 bits per heavy atom. The van der Waals surface area contributed by atoms with Gasteiger partial charge in [0, 0.05) is 5.92 Å². The molecule has 0 aromatic heterocycles. The van der Waals surface area contributed by atoms with Gasteiger partial charge in [0.1, 0.15) is 11.5 Å². The number of nitrogens with two attached hydrogens (primary N) is 1. The van der Waals surface area contributed by atoms with Gasteiger partial charge in [-0.3, -0.25) is 4.79 Å². The molecule has 0 saturated carbocycles. The number of primary amides is 1. The van der Waals surface area contributed by atoms with Crippen molar-refractivity contribution in [3.8, 4) is 23.3 Å². The van der Waals surface area contributed by atoms with Crippen LogP contribution >= 0.6 is 0 Å². The van der Waals surface area contributed by atoms with E-state index >= 15 is 0 Å². The zero-order chi connectivity index (χ0) is 11.3. The van der Waals surface area contributed by atoms with Crippen molar-refractivity contribution in [1.82, 2.24) is 0 Å². The Balaban J connectivity index is 3.13. The minimum atomic E-state index is -0.681. The summed E-state index contributed by atoms with van der Waals surface area (Å²) < 4.78 is 10.1. The molecule has 2 N–H and O–H groups in total. The van der Waals surface area contributed by atoms with Crippen LogP contribution in [0.15, 0.2) is 18.2 Å². The van der Waals surface area contributed by atoms with Crippen molar-refractivity contribution in [2.24, 2.45) is 5.73 Å². The van der Waals surface area contributed by atoms with E-state index in [1.54, 1.807) is 25.3 Å². The second-order valence-corrected chi connectivity index (χ2v) is 2.68. The van der Waals surface area contributed by atoms with Gasteiger partial charge in [-0.05, 0) is 18.2 Å². The minimum Gasteiger partial charge on any atom is -0.497 e. The molecule has 0 spiro atoms. The smallest absolute Gasteiger partial charge is 0.293 e. The molecule has 4 heteroatoms. The lowest BCUT2D eigenvalue weighted by atomic mass is 10.2. The van der Waals surface area contributed by atoms with Crippen LogP contribution in [0.5, 0.6) is 11.5 Å². The van der Waals surface area contributed by atoms with Gasteiger partial charge in [-0.25, -0.2) is 0 Å². The first-order valence-corrected chi connectivity index (χ1v) is 4.21. The van der Waals surface area contributed by atoms with E-state index in [0.717, 1.165) is 0 Å². The fourth-order valence-electron chi connectivity index (χ4n) is 1.04. The van der Waals surface area contributed by atoms with E-state index in [-0.39, 0.29) is 0 Å². The van der Waals surface area contributed by atoms with Crippen LogP contribution < -0.4 is 15.2 Å². The van der Waals surface area contributed by atoms with Crippen LogP contribution in [0.25, 0.3) is 0 Å². The van der Waals surface area contributed by atoms with Gasteiger partial charge in [0.2, 0.25) is 0 Å².